The molecule has 1 fully saturated rings. The molecule has 0 bridgehead atoms. The molecule has 0 radical (unpaired) electrons. The van der Waals surface area contributed by atoms with Gasteiger partial charge in [-0.25, -0.2) is 0 Å². The Hall–Kier alpha value is -1.03. The van der Waals surface area contributed by atoms with Crippen LogP contribution in [-0.2, 0) is 11.8 Å². The molecule has 1 saturated carbocycles. The average Bonchev–Trinajstić information content (AvgIpc) is 2.32. The molecule has 1 aromatic carbocycles. The van der Waals surface area contributed by atoms with E-state index in [0.29, 0.717) is 12.0 Å². The Morgan fingerprint density at radius 2 is 1.78 bits per heavy atom. The Balaban J connectivity index is 2.28. The van der Waals surface area contributed by atoms with Crippen molar-refractivity contribution in [2.45, 2.75) is 44.4 Å². The summed E-state index contributed by atoms with van der Waals surface area (Å²) in [5.41, 5.74) is -1.04. The molecule has 2 atom stereocenters. The number of alkyl halides is 3. The lowest BCUT2D eigenvalue weighted by Crippen LogP contribution is -2.36. The summed E-state index contributed by atoms with van der Waals surface area (Å²) in [4.78, 5) is 0. The molecule has 1 aliphatic rings. The molecule has 18 heavy (non-hydrogen) atoms. The van der Waals surface area contributed by atoms with E-state index in [4.69, 9.17) is 0 Å². The molecule has 1 aliphatic carbocycles. The first-order valence-electron chi connectivity index (χ1n) is 6.24. The molecule has 0 saturated heterocycles. The minimum absolute atomic E-state index is 0.0861. The molecule has 2 unspecified atom stereocenters. The van der Waals surface area contributed by atoms with Gasteiger partial charge in [-0.3, -0.25) is 0 Å². The van der Waals surface area contributed by atoms with Gasteiger partial charge >= 0.3 is 6.18 Å². The van der Waals surface area contributed by atoms with E-state index in [2.05, 4.69) is 0 Å². The van der Waals surface area contributed by atoms with Crippen LogP contribution in [0.5, 0.6) is 0 Å². The van der Waals surface area contributed by atoms with Crippen LogP contribution < -0.4 is 0 Å². The molecule has 0 amide bonds. The second-order valence-electron chi connectivity index (χ2n) is 5.15. The Morgan fingerprint density at radius 1 is 1.17 bits per heavy atom. The lowest BCUT2D eigenvalue weighted by atomic mass is 9.72. The molecule has 1 N–H and O–H groups in total. The van der Waals surface area contributed by atoms with E-state index in [1.807, 2.05) is 6.92 Å². The average molecular weight is 258 g/mol. The Kier molecular flexibility index (Phi) is 3.41. The van der Waals surface area contributed by atoms with E-state index in [1.54, 1.807) is 0 Å². The number of benzene rings is 1. The van der Waals surface area contributed by atoms with Gasteiger partial charge in [0.25, 0.3) is 0 Å². The highest BCUT2D eigenvalue weighted by molar-refractivity contribution is 5.29. The van der Waals surface area contributed by atoms with Crippen molar-refractivity contribution in [2.24, 2.45) is 5.92 Å². The van der Waals surface area contributed by atoms with Gasteiger partial charge in [-0.15, -0.1) is 0 Å². The third-order valence-electron chi connectivity index (χ3n) is 3.97. The van der Waals surface area contributed by atoms with Gasteiger partial charge in [0.05, 0.1) is 11.2 Å². The summed E-state index contributed by atoms with van der Waals surface area (Å²) in [7, 11) is 0. The van der Waals surface area contributed by atoms with Crippen LogP contribution in [0.15, 0.2) is 24.3 Å². The molecule has 1 aromatic rings. The Bertz CT molecular complexity index is 410. The molecule has 0 heterocycles. The van der Waals surface area contributed by atoms with Crippen LogP contribution in [0.25, 0.3) is 0 Å². The first-order valence-corrected chi connectivity index (χ1v) is 6.24. The third-order valence-corrected chi connectivity index (χ3v) is 3.97. The van der Waals surface area contributed by atoms with Crippen LogP contribution in [0.3, 0.4) is 0 Å². The second-order valence-corrected chi connectivity index (χ2v) is 5.15. The summed E-state index contributed by atoms with van der Waals surface area (Å²) in [5.74, 6) is 0.0861. The normalized spacial score (nSPS) is 29.3. The quantitative estimate of drug-likeness (QED) is 0.804. The van der Waals surface area contributed by atoms with Gasteiger partial charge < -0.3 is 5.11 Å². The van der Waals surface area contributed by atoms with E-state index in [0.717, 1.165) is 31.4 Å². The van der Waals surface area contributed by atoms with Gasteiger partial charge in [-0.2, -0.15) is 13.2 Å². The SMILES string of the molecule is CC1CCCCC1(O)c1ccc(C(F)(F)F)cc1. The molecule has 0 spiro atoms. The van der Waals surface area contributed by atoms with Crippen LogP contribution in [-0.4, -0.2) is 5.11 Å². The van der Waals surface area contributed by atoms with Crippen molar-refractivity contribution in [3.63, 3.8) is 0 Å². The molecule has 2 rings (SSSR count). The van der Waals surface area contributed by atoms with Crippen molar-refractivity contribution in [1.29, 1.82) is 0 Å². The fourth-order valence-corrected chi connectivity index (χ4v) is 2.71. The summed E-state index contributed by atoms with van der Waals surface area (Å²) >= 11 is 0. The number of halogens is 3. The van der Waals surface area contributed by atoms with Gasteiger partial charge in [0.1, 0.15) is 0 Å². The summed E-state index contributed by atoms with van der Waals surface area (Å²) in [6.45, 7) is 1.96. The van der Waals surface area contributed by atoms with Crippen molar-refractivity contribution in [3.05, 3.63) is 35.4 Å². The predicted octanol–water partition coefficient (Wildman–Crippen LogP) is 4.10. The molecule has 100 valence electrons. The largest absolute Gasteiger partial charge is 0.416 e. The maximum Gasteiger partial charge on any atom is 0.416 e. The number of rotatable bonds is 1. The van der Waals surface area contributed by atoms with Crippen LogP contribution in [0.1, 0.15) is 43.7 Å². The Morgan fingerprint density at radius 3 is 2.28 bits per heavy atom. The molecular weight excluding hydrogens is 241 g/mol. The third kappa shape index (κ3) is 2.39. The van der Waals surface area contributed by atoms with Gasteiger partial charge in [-0.1, -0.05) is 31.9 Å². The standard InChI is InChI=1S/C14H17F3O/c1-10-4-2-3-9-13(10,18)11-5-7-12(8-6-11)14(15,16)17/h5-8,10,18H,2-4,9H2,1H3. The smallest absolute Gasteiger partial charge is 0.385 e. The highest BCUT2D eigenvalue weighted by Crippen LogP contribution is 2.42. The van der Waals surface area contributed by atoms with E-state index >= 15 is 0 Å². The van der Waals surface area contributed by atoms with Crippen molar-refractivity contribution in [3.8, 4) is 0 Å². The number of hydrogen-bond acceptors (Lipinski definition) is 1. The molecule has 0 aliphatic heterocycles. The van der Waals surface area contributed by atoms with Crippen molar-refractivity contribution < 1.29 is 18.3 Å². The predicted molar refractivity (Wildman–Crippen MR) is 63.0 cm³/mol. The first kappa shape index (κ1) is 13.4. The number of aliphatic hydroxyl groups is 1. The highest BCUT2D eigenvalue weighted by Gasteiger charge is 2.38. The Labute approximate surface area is 105 Å². The first-order chi connectivity index (χ1) is 8.34. The fourth-order valence-electron chi connectivity index (χ4n) is 2.71. The molecule has 0 aromatic heterocycles. The van der Waals surface area contributed by atoms with Gasteiger partial charge in [0.15, 0.2) is 0 Å². The van der Waals surface area contributed by atoms with Crippen LogP contribution >= 0.6 is 0 Å². The fraction of sp³-hybridized carbons (Fsp3) is 0.571. The molecule has 4 heteroatoms. The number of hydrogen-bond donors (Lipinski definition) is 1. The van der Waals surface area contributed by atoms with Crippen molar-refractivity contribution in [1.82, 2.24) is 0 Å². The monoisotopic (exact) mass is 258 g/mol. The van der Waals surface area contributed by atoms with E-state index in [-0.39, 0.29) is 5.92 Å². The van der Waals surface area contributed by atoms with E-state index in [1.165, 1.54) is 12.1 Å². The highest BCUT2D eigenvalue weighted by atomic mass is 19.4. The van der Waals surface area contributed by atoms with Gasteiger partial charge in [0.2, 0.25) is 0 Å². The second kappa shape index (κ2) is 4.57. The maximum absolute atomic E-state index is 12.5. The van der Waals surface area contributed by atoms with Crippen LogP contribution in [0.2, 0.25) is 0 Å². The van der Waals surface area contributed by atoms with Crippen LogP contribution in [0, 0.1) is 5.92 Å². The molecule has 1 nitrogen and oxygen atoms in total. The summed E-state index contributed by atoms with van der Waals surface area (Å²) in [5, 5.41) is 10.6. The van der Waals surface area contributed by atoms with Gasteiger partial charge in [-0.05, 0) is 36.5 Å². The zero-order chi connectivity index (χ0) is 13.4. The summed E-state index contributed by atoms with van der Waals surface area (Å²) in [6.07, 6.45) is -0.789. The van der Waals surface area contributed by atoms with E-state index < -0.39 is 17.3 Å². The lowest BCUT2D eigenvalue weighted by Gasteiger charge is -2.38. The molecular formula is C14H17F3O. The summed E-state index contributed by atoms with van der Waals surface area (Å²) < 4.78 is 37.4. The zero-order valence-corrected chi connectivity index (χ0v) is 10.3. The summed E-state index contributed by atoms with van der Waals surface area (Å²) in [6, 6.07) is 4.92. The van der Waals surface area contributed by atoms with Gasteiger partial charge in [0, 0.05) is 0 Å². The van der Waals surface area contributed by atoms with Crippen molar-refractivity contribution in [2.75, 3.05) is 0 Å². The van der Waals surface area contributed by atoms with Crippen LogP contribution in [0.4, 0.5) is 13.2 Å². The minimum Gasteiger partial charge on any atom is -0.385 e. The van der Waals surface area contributed by atoms with Crippen molar-refractivity contribution >= 4 is 0 Å². The lowest BCUT2D eigenvalue weighted by molar-refractivity contribution is -0.137. The zero-order valence-electron chi connectivity index (χ0n) is 10.3. The minimum atomic E-state index is -4.32. The topological polar surface area (TPSA) is 20.2 Å². The van der Waals surface area contributed by atoms with E-state index in [9.17, 15) is 18.3 Å². The maximum atomic E-state index is 12.5.